The van der Waals surface area contributed by atoms with E-state index in [2.05, 4.69) is 10.1 Å². The molecule has 0 bridgehead atoms. The average Bonchev–Trinajstić information content (AvgIpc) is 2.98. The maximum Gasteiger partial charge on any atom is 0.262 e. The van der Waals surface area contributed by atoms with Crippen molar-refractivity contribution in [2.24, 2.45) is 0 Å². The summed E-state index contributed by atoms with van der Waals surface area (Å²) in [5.74, 6) is 0.321. The lowest BCUT2D eigenvalue weighted by Crippen LogP contribution is -1.94. The quantitative estimate of drug-likeness (QED) is 0.495. The molecule has 0 unspecified atom stereocenters. The largest absolute Gasteiger partial charge is 0.398 e. The van der Waals surface area contributed by atoms with Crippen molar-refractivity contribution in [2.45, 2.75) is 11.8 Å². The second-order valence-electron chi connectivity index (χ2n) is 5.14. The topological polar surface area (TPSA) is 99.1 Å². The van der Waals surface area contributed by atoms with Crippen LogP contribution in [0.4, 0.5) is 5.69 Å². The number of aromatic nitrogens is 2. The van der Waals surface area contributed by atoms with Gasteiger partial charge in [0.2, 0.25) is 5.82 Å². The number of benzene rings is 2. The van der Waals surface area contributed by atoms with Crippen LogP contribution in [0.1, 0.15) is 5.56 Å². The molecular weight excluding hydrogens is 409 g/mol. The fourth-order valence-electron chi connectivity index (χ4n) is 2.22. The molecule has 130 valence electrons. The van der Waals surface area contributed by atoms with Crippen LogP contribution >= 0.6 is 33.9 Å². The van der Waals surface area contributed by atoms with Crippen LogP contribution in [0.2, 0.25) is 10.0 Å². The lowest BCUT2D eigenvalue weighted by atomic mass is 10.1. The van der Waals surface area contributed by atoms with Crippen molar-refractivity contribution in [1.29, 1.82) is 0 Å². The van der Waals surface area contributed by atoms with E-state index in [4.69, 9.17) is 44.1 Å². The first-order valence-corrected chi connectivity index (χ1v) is 9.88. The maximum absolute atomic E-state index is 11.6. The number of hydrogen-bond donors (Lipinski definition) is 1. The number of nitrogen functional groups attached to an aromatic ring is 1. The van der Waals surface area contributed by atoms with Crippen LogP contribution in [-0.4, -0.2) is 18.6 Å². The van der Waals surface area contributed by atoms with E-state index in [-0.39, 0.29) is 26.4 Å². The smallest absolute Gasteiger partial charge is 0.262 e. The number of hydrogen-bond acceptors (Lipinski definition) is 6. The third kappa shape index (κ3) is 3.46. The number of halogens is 3. The molecule has 0 saturated carbocycles. The molecule has 6 nitrogen and oxygen atoms in total. The van der Waals surface area contributed by atoms with Gasteiger partial charge in [-0.1, -0.05) is 40.5 Å². The van der Waals surface area contributed by atoms with Crippen LogP contribution in [0, 0.1) is 6.92 Å². The average molecular weight is 419 g/mol. The predicted octanol–water partition coefficient (Wildman–Crippen LogP) is 4.53. The van der Waals surface area contributed by atoms with Crippen molar-refractivity contribution < 1.29 is 12.9 Å². The first kappa shape index (κ1) is 18.0. The van der Waals surface area contributed by atoms with Crippen molar-refractivity contribution in [3.05, 3.63) is 45.9 Å². The zero-order valence-corrected chi connectivity index (χ0v) is 15.7. The SMILES string of the molecule is Cc1c(N)cccc1-c1noc(-c2cc(S(=O)(=O)Cl)c(Cl)cc2Cl)n1. The summed E-state index contributed by atoms with van der Waals surface area (Å²) < 4.78 is 28.5. The standard InChI is InChI=1S/C15H10Cl3N3O3S/c1-7-8(3-2-4-12(7)19)14-20-15(24-21-14)9-5-13(25(18,22)23)11(17)6-10(9)16/h2-6H,19H2,1H3. The Kier molecular flexibility index (Phi) is 4.68. The minimum atomic E-state index is -4.06. The summed E-state index contributed by atoms with van der Waals surface area (Å²) in [6.45, 7) is 1.83. The van der Waals surface area contributed by atoms with E-state index >= 15 is 0 Å². The van der Waals surface area contributed by atoms with Crippen LogP contribution in [0.3, 0.4) is 0 Å². The monoisotopic (exact) mass is 417 g/mol. The molecule has 3 aromatic rings. The predicted molar refractivity (Wildman–Crippen MR) is 97.4 cm³/mol. The van der Waals surface area contributed by atoms with Crippen LogP contribution in [-0.2, 0) is 9.05 Å². The molecule has 0 aliphatic heterocycles. The fraction of sp³-hybridized carbons (Fsp3) is 0.0667. The van der Waals surface area contributed by atoms with Crippen LogP contribution in [0.5, 0.6) is 0 Å². The van der Waals surface area contributed by atoms with E-state index < -0.39 is 9.05 Å². The van der Waals surface area contributed by atoms with Gasteiger partial charge in [-0.15, -0.1) is 0 Å². The third-order valence-corrected chi connectivity index (χ3v) is 5.66. The summed E-state index contributed by atoms with van der Waals surface area (Å²) in [7, 11) is 1.32. The Balaban J connectivity index is 2.14. The summed E-state index contributed by atoms with van der Waals surface area (Å²) in [6, 6.07) is 7.76. The van der Waals surface area contributed by atoms with Gasteiger partial charge < -0.3 is 10.3 Å². The van der Waals surface area contributed by atoms with E-state index in [0.717, 1.165) is 5.56 Å². The fourth-order valence-corrected chi connectivity index (χ4v) is 4.04. The van der Waals surface area contributed by atoms with Gasteiger partial charge in [0.25, 0.3) is 14.9 Å². The first-order chi connectivity index (χ1) is 11.7. The summed E-state index contributed by atoms with van der Waals surface area (Å²) in [5.41, 5.74) is 8.15. The summed E-state index contributed by atoms with van der Waals surface area (Å²) >= 11 is 12.0. The van der Waals surface area contributed by atoms with E-state index in [1.807, 2.05) is 6.92 Å². The highest BCUT2D eigenvalue weighted by molar-refractivity contribution is 8.13. The molecule has 25 heavy (non-hydrogen) atoms. The summed E-state index contributed by atoms with van der Waals surface area (Å²) in [5, 5.41) is 3.95. The molecule has 0 fully saturated rings. The number of nitrogens with zero attached hydrogens (tertiary/aromatic N) is 2. The van der Waals surface area contributed by atoms with Crippen molar-refractivity contribution in [1.82, 2.24) is 10.1 Å². The highest BCUT2D eigenvalue weighted by Gasteiger charge is 2.22. The first-order valence-electron chi connectivity index (χ1n) is 6.81. The van der Waals surface area contributed by atoms with Gasteiger partial charge in [0, 0.05) is 21.9 Å². The normalized spacial score (nSPS) is 11.7. The van der Waals surface area contributed by atoms with Gasteiger partial charge in [-0.2, -0.15) is 4.98 Å². The Morgan fingerprint density at radius 2 is 1.84 bits per heavy atom. The molecule has 0 spiro atoms. The van der Waals surface area contributed by atoms with Gasteiger partial charge in [0.1, 0.15) is 4.90 Å². The molecule has 1 heterocycles. The van der Waals surface area contributed by atoms with Crippen molar-refractivity contribution in [2.75, 3.05) is 5.73 Å². The Bertz CT molecular complexity index is 1080. The Hall–Kier alpha value is -1.80. The molecular formula is C15H10Cl3N3O3S. The van der Waals surface area contributed by atoms with Gasteiger partial charge in [-0.3, -0.25) is 0 Å². The van der Waals surface area contributed by atoms with E-state index in [0.29, 0.717) is 17.1 Å². The molecule has 2 N–H and O–H groups in total. The second kappa shape index (κ2) is 6.49. The Morgan fingerprint density at radius 3 is 2.52 bits per heavy atom. The zero-order chi connectivity index (χ0) is 18.4. The highest BCUT2D eigenvalue weighted by atomic mass is 35.7. The molecule has 0 aliphatic carbocycles. The molecule has 0 radical (unpaired) electrons. The molecule has 0 amide bonds. The highest BCUT2D eigenvalue weighted by Crippen LogP contribution is 2.36. The molecule has 10 heteroatoms. The molecule has 1 aromatic heterocycles. The van der Waals surface area contributed by atoms with Crippen molar-refractivity contribution >= 4 is 48.6 Å². The van der Waals surface area contributed by atoms with Crippen molar-refractivity contribution in [3.8, 4) is 22.8 Å². The summed E-state index contributed by atoms with van der Waals surface area (Å²) in [6.07, 6.45) is 0. The Morgan fingerprint density at radius 1 is 1.12 bits per heavy atom. The van der Waals surface area contributed by atoms with Crippen molar-refractivity contribution in [3.63, 3.8) is 0 Å². The third-order valence-electron chi connectivity index (χ3n) is 3.56. The van der Waals surface area contributed by atoms with Crippen LogP contribution in [0.25, 0.3) is 22.8 Å². The lowest BCUT2D eigenvalue weighted by Gasteiger charge is -2.05. The van der Waals surface area contributed by atoms with Gasteiger partial charge in [0.15, 0.2) is 0 Å². The second-order valence-corrected chi connectivity index (χ2v) is 8.49. The van der Waals surface area contributed by atoms with E-state index in [1.54, 1.807) is 18.2 Å². The molecule has 2 aromatic carbocycles. The number of rotatable bonds is 3. The number of anilines is 1. The van der Waals surface area contributed by atoms with Crippen LogP contribution in [0.15, 0.2) is 39.8 Å². The molecule has 3 rings (SSSR count). The zero-order valence-electron chi connectivity index (χ0n) is 12.6. The number of nitrogens with two attached hydrogens (primary N) is 1. The Labute approximate surface area is 157 Å². The van der Waals surface area contributed by atoms with E-state index in [9.17, 15) is 8.42 Å². The molecule has 0 saturated heterocycles. The van der Waals surface area contributed by atoms with Gasteiger partial charge in [0.05, 0.1) is 15.6 Å². The van der Waals surface area contributed by atoms with Gasteiger partial charge >= 0.3 is 0 Å². The van der Waals surface area contributed by atoms with Gasteiger partial charge in [-0.25, -0.2) is 8.42 Å². The molecule has 0 aliphatic rings. The minimum Gasteiger partial charge on any atom is -0.398 e. The maximum atomic E-state index is 11.6. The van der Waals surface area contributed by atoms with Gasteiger partial charge in [-0.05, 0) is 30.7 Å². The lowest BCUT2D eigenvalue weighted by molar-refractivity contribution is 0.432. The van der Waals surface area contributed by atoms with Crippen LogP contribution < -0.4 is 5.73 Å². The van der Waals surface area contributed by atoms with E-state index in [1.165, 1.54) is 12.1 Å². The summed E-state index contributed by atoms with van der Waals surface area (Å²) in [4.78, 5) is 3.97. The minimum absolute atomic E-state index is 0.0278. The molecule has 0 atom stereocenters.